The van der Waals surface area contributed by atoms with E-state index in [1.807, 2.05) is 29.2 Å². The first-order valence-corrected chi connectivity index (χ1v) is 13.4. The zero-order valence-corrected chi connectivity index (χ0v) is 22.1. The summed E-state index contributed by atoms with van der Waals surface area (Å²) in [5.41, 5.74) is 2.80. The van der Waals surface area contributed by atoms with Gasteiger partial charge in [0.05, 0.1) is 29.9 Å². The predicted molar refractivity (Wildman–Crippen MR) is 139 cm³/mol. The molecule has 1 aromatic heterocycles. The Balaban J connectivity index is 1.31. The fourth-order valence-corrected chi connectivity index (χ4v) is 6.15. The molecule has 3 aliphatic rings. The number of carbonyl (C=O) groups excluding carboxylic acids is 1. The quantitative estimate of drug-likeness (QED) is 0.657. The lowest BCUT2D eigenvalue weighted by atomic mass is 9.95. The van der Waals surface area contributed by atoms with Gasteiger partial charge >= 0.3 is 0 Å². The zero-order valence-electron chi connectivity index (χ0n) is 21.3. The van der Waals surface area contributed by atoms with Gasteiger partial charge in [-0.2, -0.15) is 0 Å². The normalized spacial score (nSPS) is 27.7. The van der Waals surface area contributed by atoms with Crippen LogP contribution in [0.15, 0.2) is 30.6 Å². The lowest BCUT2D eigenvalue weighted by Crippen LogP contribution is -2.53. The Morgan fingerprint density at radius 1 is 1.08 bits per heavy atom. The molecule has 3 heterocycles. The molecular weight excluding hydrogens is 478 g/mol. The van der Waals surface area contributed by atoms with Gasteiger partial charge < -0.3 is 19.6 Å². The average Bonchev–Trinajstić information content (AvgIpc) is 3.16. The molecule has 1 N–H and O–H groups in total. The summed E-state index contributed by atoms with van der Waals surface area (Å²) in [4.78, 5) is 29.4. The zero-order chi connectivity index (χ0) is 25.4. The van der Waals surface area contributed by atoms with Crippen molar-refractivity contribution in [2.45, 2.75) is 57.3 Å². The van der Waals surface area contributed by atoms with E-state index in [2.05, 4.69) is 40.5 Å². The number of aliphatic hydroxyl groups is 1. The van der Waals surface area contributed by atoms with Gasteiger partial charge in [-0.1, -0.05) is 30.7 Å². The molecule has 2 aliphatic heterocycles. The highest BCUT2D eigenvalue weighted by Gasteiger charge is 2.36. The maximum Gasteiger partial charge on any atom is 0.231 e. The Hall–Kier alpha value is -2.26. The molecule has 5 rings (SSSR count). The molecular formula is C27H36ClN5O3. The van der Waals surface area contributed by atoms with Gasteiger partial charge in [0.1, 0.15) is 12.1 Å². The summed E-state index contributed by atoms with van der Waals surface area (Å²) in [6, 6.07) is 7.69. The first-order chi connectivity index (χ1) is 17.3. The van der Waals surface area contributed by atoms with Crippen LogP contribution in [0, 0.1) is 0 Å². The highest BCUT2D eigenvalue weighted by molar-refractivity contribution is 6.30. The van der Waals surface area contributed by atoms with Crippen molar-refractivity contribution in [1.29, 1.82) is 0 Å². The number of aromatic nitrogens is 2. The van der Waals surface area contributed by atoms with Crippen molar-refractivity contribution < 1.29 is 14.6 Å². The Morgan fingerprint density at radius 2 is 1.75 bits per heavy atom. The molecule has 0 radical (unpaired) electrons. The summed E-state index contributed by atoms with van der Waals surface area (Å²) < 4.78 is 5.91. The van der Waals surface area contributed by atoms with Crippen LogP contribution >= 0.6 is 11.6 Å². The molecule has 9 heteroatoms. The maximum absolute atomic E-state index is 13.9. The summed E-state index contributed by atoms with van der Waals surface area (Å²) >= 11 is 6.15. The van der Waals surface area contributed by atoms with Crippen molar-refractivity contribution >= 4 is 23.3 Å². The van der Waals surface area contributed by atoms with Gasteiger partial charge in [0.15, 0.2) is 0 Å². The SMILES string of the molecule is C[C@@H]1CN(C[C@H](C(=O)N2CCN(c3ncnc4c3[C@H](C)C[C@H]4O)CC2)c2ccc(Cl)cc2)C[C@H](C)O1. The lowest BCUT2D eigenvalue weighted by Gasteiger charge is -2.40. The third kappa shape index (κ3) is 5.23. The van der Waals surface area contributed by atoms with Crippen molar-refractivity contribution in [3.63, 3.8) is 0 Å². The number of amides is 1. The number of hydrogen-bond donors (Lipinski definition) is 1. The number of carbonyl (C=O) groups is 1. The molecule has 2 saturated heterocycles. The highest BCUT2D eigenvalue weighted by atomic mass is 35.5. The van der Waals surface area contributed by atoms with Crippen LogP contribution in [0.5, 0.6) is 0 Å². The van der Waals surface area contributed by atoms with E-state index < -0.39 is 6.10 Å². The van der Waals surface area contributed by atoms with Gasteiger partial charge in [-0.05, 0) is 43.9 Å². The average molecular weight is 514 g/mol. The van der Waals surface area contributed by atoms with Gasteiger partial charge in [0, 0.05) is 56.4 Å². The van der Waals surface area contributed by atoms with Crippen molar-refractivity contribution in [2.24, 2.45) is 0 Å². The number of nitrogens with zero attached hydrogens (tertiary/aromatic N) is 5. The Morgan fingerprint density at radius 3 is 2.42 bits per heavy atom. The van der Waals surface area contributed by atoms with E-state index in [9.17, 15) is 9.90 Å². The fourth-order valence-electron chi connectivity index (χ4n) is 6.03. The van der Waals surface area contributed by atoms with Gasteiger partial charge in [-0.3, -0.25) is 9.69 Å². The standard InChI is InChI=1S/C27H36ClN5O3/c1-17-12-23(34)25-24(17)26(30-16-29-25)32-8-10-33(11-9-32)27(35)22(20-4-6-21(28)7-5-20)15-31-13-18(2)36-19(3)14-31/h4-7,16-19,22-23,34H,8-15H2,1-3H3/t17-,18-,19+,22+,23-/m1/s1. The second-order valence-electron chi connectivity index (χ2n) is 10.5. The molecule has 0 saturated carbocycles. The number of ether oxygens (including phenoxy) is 1. The first-order valence-electron chi connectivity index (χ1n) is 13.0. The molecule has 0 bridgehead atoms. The molecule has 2 aromatic rings. The number of halogens is 1. The Bertz CT molecular complexity index is 1070. The van der Waals surface area contributed by atoms with E-state index in [0.29, 0.717) is 44.2 Å². The van der Waals surface area contributed by atoms with Crippen molar-refractivity contribution in [2.75, 3.05) is 50.7 Å². The first kappa shape index (κ1) is 25.4. The van der Waals surface area contributed by atoms with E-state index in [0.717, 1.165) is 35.7 Å². The summed E-state index contributed by atoms with van der Waals surface area (Å²) in [6.07, 6.45) is 2.00. The number of fused-ring (bicyclic) bond motifs is 1. The molecule has 2 fully saturated rings. The Kier molecular flexibility index (Phi) is 7.49. The molecule has 0 spiro atoms. The summed E-state index contributed by atoms with van der Waals surface area (Å²) in [7, 11) is 0. The Labute approximate surface area is 218 Å². The van der Waals surface area contributed by atoms with E-state index in [4.69, 9.17) is 16.3 Å². The minimum atomic E-state index is -0.523. The van der Waals surface area contributed by atoms with Gasteiger partial charge in [-0.15, -0.1) is 0 Å². The maximum atomic E-state index is 13.9. The number of rotatable bonds is 5. The predicted octanol–water partition coefficient (Wildman–Crippen LogP) is 3.21. The molecule has 1 amide bonds. The van der Waals surface area contributed by atoms with Crippen molar-refractivity contribution in [1.82, 2.24) is 19.8 Å². The van der Waals surface area contributed by atoms with Crippen LogP contribution in [-0.2, 0) is 9.53 Å². The van der Waals surface area contributed by atoms with E-state index >= 15 is 0 Å². The van der Waals surface area contributed by atoms with Gasteiger partial charge in [-0.25, -0.2) is 9.97 Å². The minimum absolute atomic E-state index is 0.147. The van der Waals surface area contributed by atoms with Gasteiger partial charge in [0.25, 0.3) is 0 Å². The number of anilines is 1. The van der Waals surface area contributed by atoms with Crippen LogP contribution < -0.4 is 4.90 Å². The molecule has 1 aromatic carbocycles. The van der Waals surface area contributed by atoms with Crippen molar-refractivity contribution in [3.05, 3.63) is 52.4 Å². The number of benzene rings is 1. The second-order valence-corrected chi connectivity index (χ2v) is 11.0. The van der Waals surface area contributed by atoms with Crippen molar-refractivity contribution in [3.8, 4) is 0 Å². The van der Waals surface area contributed by atoms with E-state index in [-0.39, 0.29) is 30.0 Å². The smallest absolute Gasteiger partial charge is 0.231 e. The summed E-state index contributed by atoms with van der Waals surface area (Å²) in [6.45, 7) is 11.3. The number of piperazine rings is 1. The second kappa shape index (κ2) is 10.6. The lowest BCUT2D eigenvalue weighted by molar-refractivity contribution is -0.134. The van der Waals surface area contributed by atoms with Crippen LogP contribution in [0.4, 0.5) is 5.82 Å². The molecule has 36 heavy (non-hydrogen) atoms. The molecule has 0 unspecified atom stereocenters. The minimum Gasteiger partial charge on any atom is -0.387 e. The third-order valence-corrected chi connectivity index (χ3v) is 7.93. The molecule has 1 aliphatic carbocycles. The topological polar surface area (TPSA) is 82.0 Å². The van der Waals surface area contributed by atoms with Crippen LogP contribution in [-0.4, -0.2) is 88.8 Å². The monoisotopic (exact) mass is 513 g/mol. The van der Waals surface area contributed by atoms with Crippen LogP contribution in [0.1, 0.15) is 62.0 Å². The van der Waals surface area contributed by atoms with Crippen LogP contribution in [0.3, 0.4) is 0 Å². The largest absolute Gasteiger partial charge is 0.387 e. The number of aliphatic hydroxyl groups excluding tert-OH is 1. The number of morpholine rings is 1. The highest BCUT2D eigenvalue weighted by Crippen LogP contribution is 2.42. The van der Waals surface area contributed by atoms with E-state index in [1.54, 1.807) is 6.33 Å². The summed E-state index contributed by atoms with van der Waals surface area (Å²) in [5, 5.41) is 11.0. The third-order valence-electron chi connectivity index (χ3n) is 7.68. The van der Waals surface area contributed by atoms with E-state index in [1.165, 1.54) is 0 Å². The summed E-state index contributed by atoms with van der Waals surface area (Å²) in [5.74, 6) is 1.02. The van der Waals surface area contributed by atoms with Crippen LogP contribution in [0.25, 0.3) is 0 Å². The molecule has 194 valence electrons. The van der Waals surface area contributed by atoms with Gasteiger partial charge in [0.2, 0.25) is 5.91 Å². The number of hydrogen-bond acceptors (Lipinski definition) is 7. The van der Waals surface area contributed by atoms with Crippen LogP contribution in [0.2, 0.25) is 5.02 Å². The molecule has 8 nitrogen and oxygen atoms in total. The molecule has 5 atom stereocenters. The fraction of sp³-hybridized carbons (Fsp3) is 0.593.